The van der Waals surface area contributed by atoms with E-state index in [0.717, 1.165) is 11.3 Å². The van der Waals surface area contributed by atoms with Gasteiger partial charge in [-0.25, -0.2) is 0 Å². The molecule has 0 aliphatic rings. The van der Waals surface area contributed by atoms with Crippen LogP contribution in [0.5, 0.6) is 0 Å². The Morgan fingerprint density at radius 3 is 2.39 bits per heavy atom. The lowest BCUT2D eigenvalue weighted by Crippen LogP contribution is -2.23. The van der Waals surface area contributed by atoms with E-state index in [1.165, 1.54) is 0 Å². The van der Waals surface area contributed by atoms with Gasteiger partial charge in [0, 0.05) is 11.0 Å². The van der Waals surface area contributed by atoms with Gasteiger partial charge in [-0.15, -0.1) is 12.6 Å². The molecule has 5 nitrogen and oxygen atoms in total. The summed E-state index contributed by atoms with van der Waals surface area (Å²) in [5.41, 5.74) is 1.97. The van der Waals surface area contributed by atoms with Gasteiger partial charge < -0.3 is 5.32 Å². The van der Waals surface area contributed by atoms with E-state index >= 15 is 0 Å². The van der Waals surface area contributed by atoms with Gasteiger partial charge in [0.05, 0.1) is 0 Å². The molecule has 0 saturated heterocycles. The Kier molecular flexibility index (Phi) is 8.86. The van der Waals surface area contributed by atoms with Gasteiger partial charge in [-0.2, -0.15) is 0 Å². The first kappa shape index (κ1) is 17.3. The molecule has 1 rings (SSSR count). The van der Waals surface area contributed by atoms with E-state index in [9.17, 15) is 4.79 Å². The highest BCUT2D eigenvalue weighted by atomic mass is 79.9. The van der Waals surface area contributed by atoms with Crippen molar-refractivity contribution >= 4 is 54.1 Å². The van der Waals surface area contributed by atoms with E-state index in [-0.39, 0.29) is 10.7 Å². The topological polar surface area (TPSA) is 80.3 Å². The maximum absolute atomic E-state index is 11.5. The number of nitrogens with one attached hydrogen (secondary N) is 1. The van der Waals surface area contributed by atoms with Crippen LogP contribution >= 0.6 is 31.9 Å². The molecule has 1 amide bonds. The number of anilines is 1. The van der Waals surface area contributed by atoms with Gasteiger partial charge in [-0.3, -0.25) is 4.79 Å². The number of hydrogen-bond acceptors (Lipinski definition) is 4. The number of rotatable bonds is 3. The van der Waals surface area contributed by atoms with Crippen molar-refractivity contribution in [2.75, 3.05) is 10.6 Å². The Balaban J connectivity index is 0.000000631. The lowest BCUT2D eigenvalue weighted by Gasteiger charge is -2.08. The third-order valence-corrected chi connectivity index (χ3v) is 3.96. The van der Waals surface area contributed by atoms with Crippen LogP contribution in [0.1, 0.15) is 5.56 Å². The number of halogens is 2. The Bertz CT molecular complexity index is 497. The largest absolute Gasteiger partial charge is 0.425 e. The van der Waals surface area contributed by atoms with E-state index in [1.54, 1.807) is 0 Å². The van der Waals surface area contributed by atoms with Gasteiger partial charge in [0.25, 0.3) is 0 Å². The number of hydrogen-bond donors (Lipinski definition) is 1. The van der Waals surface area contributed by atoms with Crippen LogP contribution in [-0.2, 0) is 15.4 Å². The summed E-state index contributed by atoms with van der Waals surface area (Å²) in [6, 6.07) is 7.72. The standard InChI is InChI=1S/C10H11Br2NO.O3S/c1-7-3-2-4-8(5-7)13-10(14)9(12)6-11;1-4(2)3/h2-5,9H,6H2,1H3,(H,13,14);. The zero-order valence-electron chi connectivity index (χ0n) is 9.39. The molecule has 18 heavy (non-hydrogen) atoms. The third kappa shape index (κ3) is 8.37. The zero-order chi connectivity index (χ0) is 14.1. The fourth-order valence-electron chi connectivity index (χ4n) is 1.01. The average molecular weight is 401 g/mol. The van der Waals surface area contributed by atoms with Gasteiger partial charge in [-0.05, 0) is 24.6 Å². The summed E-state index contributed by atoms with van der Waals surface area (Å²) in [5, 5.41) is 3.42. The summed E-state index contributed by atoms with van der Waals surface area (Å²) in [5.74, 6) is -0.0347. The Hall–Kier alpha value is -0.730. The second-order valence-corrected chi connectivity index (χ2v) is 5.35. The van der Waals surface area contributed by atoms with Gasteiger partial charge in [0.1, 0.15) is 4.83 Å². The monoisotopic (exact) mass is 399 g/mol. The molecular formula is C10H11Br2NO4S. The Morgan fingerprint density at radius 2 is 1.94 bits per heavy atom. The molecule has 0 aromatic heterocycles. The summed E-state index contributed by atoms with van der Waals surface area (Å²) in [4.78, 5) is 11.3. The quantitative estimate of drug-likeness (QED) is 0.787. The molecular weight excluding hydrogens is 390 g/mol. The van der Waals surface area contributed by atoms with Crippen molar-refractivity contribution in [2.24, 2.45) is 0 Å². The van der Waals surface area contributed by atoms with Crippen molar-refractivity contribution in [1.82, 2.24) is 0 Å². The smallest absolute Gasteiger partial charge is 0.325 e. The van der Waals surface area contributed by atoms with Crippen LogP contribution in [0.15, 0.2) is 24.3 Å². The van der Waals surface area contributed by atoms with Gasteiger partial charge >= 0.3 is 10.6 Å². The molecule has 8 heteroatoms. The summed E-state index contributed by atoms with van der Waals surface area (Å²) in [6.45, 7) is 1.99. The normalized spacial score (nSPS) is 10.8. The van der Waals surface area contributed by atoms with Crippen molar-refractivity contribution in [2.45, 2.75) is 11.8 Å². The average Bonchev–Trinajstić information content (AvgIpc) is 2.27. The van der Waals surface area contributed by atoms with Crippen molar-refractivity contribution in [3.63, 3.8) is 0 Å². The summed E-state index contributed by atoms with van der Waals surface area (Å²) < 4.78 is 25.3. The van der Waals surface area contributed by atoms with Crippen LogP contribution < -0.4 is 5.32 Å². The molecule has 0 bridgehead atoms. The zero-order valence-corrected chi connectivity index (χ0v) is 13.4. The molecule has 0 radical (unpaired) electrons. The fraction of sp³-hybridized carbons (Fsp3) is 0.300. The van der Waals surface area contributed by atoms with Crippen LogP contribution in [0.4, 0.5) is 5.69 Å². The lowest BCUT2D eigenvalue weighted by molar-refractivity contribution is -0.115. The summed E-state index contributed by atoms with van der Waals surface area (Å²) >= 11 is 6.49. The minimum atomic E-state index is -3.11. The third-order valence-electron chi connectivity index (χ3n) is 1.71. The van der Waals surface area contributed by atoms with Crippen molar-refractivity contribution in [3.05, 3.63) is 29.8 Å². The van der Waals surface area contributed by atoms with Crippen LogP contribution in [-0.4, -0.2) is 28.7 Å². The highest BCUT2D eigenvalue weighted by Crippen LogP contribution is 2.12. The number of benzene rings is 1. The minimum absolute atomic E-state index is 0.0347. The number of carbonyl (C=O) groups is 1. The molecule has 0 spiro atoms. The van der Waals surface area contributed by atoms with Gasteiger partial charge in [-0.1, -0.05) is 44.0 Å². The fourth-order valence-corrected chi connectivity index (χ4v) is 1.42. The molecule has 0 saturated carbocycles. The van der Waals surface area contributed by atoms with E-state index < -0.39 is 10.6 Å². The van der Waals surface area contributed by atoms with Gasteiger partial charge in [0.2, 0.25) is 5.91 Å². The predicted molar refractivity (Wildman–Crippen MR) is 76.0 cm³/mol. The summed E-state index contributed by atoms with van der Waals surface area (Å²) in [7, 11) is -3.11. The number of alkyl halides is 2. The molecule has 1 N–H and O–H groups in total. The molecule has 100 valence electrons. The first-order valence-corrected chi connectivity index (χ1v) is 7.75. The van der Waals surface area contributed by atoms with Crippen molar-refractivity contribution in [1.29, 1.82) is 0 Å². The number of carbonyl (C=O) groups excluding carboxylic acids is 1. The second-order valence-electron chi connectivity index (χ2n) is 3.18. The maximum atomic E-state index is 11.5. The highest BCUT2D eigenvalue weighted by molar-refractivity contribution is 9.12. The molecule has 0 aliphatic heterocycles. The van der Waals surface area contributed by atoms with E-state index in [0.29, 0.717) is 5.33 Å². The number of aryl methyl sites for hydroxylation is 1. The van der Waals surface area contributed by atoms with E-state index in [1.807, 2.05) is 31.2 Å². The molecule has 1 atom stereocenters. The lowest BCUT2D eigenvalue weighted by atomic mass is 10.2. The van der Waals surface area contributed by atoms with Crippen molar-refractivity contribution in [3.8, 4) is 0 Å². The molecule has 1 aromatic carbocycles. The highest BCUT2D eigenvalue weighted by Gasteiger charge is 2.12. The van der Waals surface area contributed by atoms with Crippen LogP contribution in [0, 0.1) is 6.92 Å². The Morgan fingerprint density at radius 1 is 1.39 bits per heavy atom. The minimum Gasteiger partial charge on any atom is -0.325 e. The Labute approximate surface area is 123 Å². The number of amides is 1. The van der Waals surface area contributed by atoms with Crippen LogP contribution in [0.3, 0.4) is 0 Å². The van der Waals surface area contributed by atoms with Crippen LogP contribution in [0.25, 0.3) is 0 Å². The molecule has 0 aliphatic carbocycles. The molecule has 0 fully saturated rings. The van der Waals surface area contributed by atoms with E-state index in [4.69, 9.17) is 12.6 Å². The van der Waals surface area contributed by atoms with Gasteiger partial charge in [0.15, 0.2) is 0 Å². The first-order chi connectivity index (χ1) is 8.36. The predicted octanol–water partition coefficient (Wildman–Crippen LogP) is 2.09. The second kappa shape index (κ2) is 9.23. The summed E-state index contributed by atoms with van der Waals surface area (Å²) in [6.07, 6.45) is 0. The maximum Gasteiger partial charge on any atom is 0.425 e. The first-order valence-electron chi connectivity index (χ1n) is 4.71. The molecule has 1 aromatic rings. The van der Waals surface area contributed by atoms with Crippen molar-refractivity contribution < 1.29 is 17.4 Å². The van der Waals surface area contributed by atoms with Crippen LogP contribution in [0.2, 0.25) is 0 Å². The SMILES string of the molecule is Cc1cccc(NC(=O)C(Br)CBr)c1.O=S(=O)=O. The molecule has 0 heterocycles. The van der Waals surface area contributed by atoms with E-state index in [2.05, 4.69) is 37.2 Å². The molecule has 1 unspecified atom stereocenters.